The summed E-state index contributed by atoms with van der Waals surface area (Å²) in [6, 6.07) is 13.7. The van der Waals surface area contributed by atoms with Crippen molar-refractivity contribution in [2.24, 2.45) is 0 Å². The van der Waals surface area contributed by atoms with Crippen molar-refractivity contribution in [3.63, 3.8) is 0 Å². The lowest BCUT2D eigenvalue weighted by Gasteiger charge is -2.33. The molecule has 0 atom stereocenters. The van der Waals surface area contributed by atoms with E-state index in [0.29, 0.717) is 5.88 Å². The van der Waals surface area contributed by atoms with Gasteiger partial charge in [0, 0.05) is 47.4 Å². The van der Waals surface area contributed by atoms with Crippen LogP contribution in [0.4, 0.5) is 16.3 Å². The van der Waals surface area contributed by atoms with Crippen LogP contribution >= 0.6 is 0 Å². The predicted molar refractivity (Wildman–Crippen MR) is 119 cm³/mol. The second kappa shape index (κ2) is 8.57. The first-order valence-electron chi connectivity index (χ1n) is 10.2. The molecule has 4 rings (SSSR count). The minimum Gasteiger partial charge on any atom is -0.481 e. The first-order valence-corrected chi connectivity index (χ1v) is 10.2. The van der Waals surface area contributed by atoms with Gasteiger partial charge in [0.25, 0.3) is 0 Å². The quantitative estimate of drug-likeness (QED) is 0.685. The zero-order chi connectivity index (χ0) is 21.1. The minimum atomic E-state index is -0.174. The summed E-state index contributed by atoms with van der Waals surface area (Å²) >= 11 is 0. The van der Waals surface area contributed by atoms with Crippen LogP contribution in [0.25, 0.3) is 10.8 Å². The summed E-state index contributed by atoms with van der Waals surface area (Å²) in [5, 5.41) is 8.21. The summed E-state index contributed by atoms with van der Waals surface area (Å²) < 4.78 is 5.21. The maximum Gasteiger partial charge on any atom is 0.319 e. The van der Waals surface area contributed by atoms with Crippen LogP contribution in [0.1, 0.15) is 24.2 Å². The van der Waals surface area contributed by atoms with E-state index >= 15 is 0 Å². The number of hydrogen-bond donors (Lipinski definition) is 2. The molecular formula is C23H27N5O2. The van der Waals surface area contributed by atoms with E-state index in [4.69, 9.17) is 4.74 Å². The van der Waals surface area contributed by atoms with Gasteiger partial charge in [-0.1, -0.05) is 18.2 Å². The Bertz CT molecular complexity index is 1060. The lowest BCUT2D eigenvalue weighted by molar-refractivity contribution is 0.246. The Balaban J connectivity index is 1.37. The van der Waals surface area contributed by atoms with Gasteiger partial charge in [-0.3, -0.25) is 4.98 Å². The highest BCUT2D eigenvalue weighted by molar-refractivity contribution is 6.02. The van der Waals surface area contributed by atoms with E-state index in [1.165, 1.54) is 0 Å². The number of anilines is 2. The predicted octanol–water partition coefficient (Wildman–Crippen LogP) is 4.05. The zero-order valence-corrected chi connectivity index (χ0v) is 17.6. The summed E-state index contributed by atoms with van der Waals surface area (Å²) in [4.78, 5) is 23.9. The number of ether oxygens (including phenoxy) is 1. The Morgan fingerprint density at radius 2 is 1.83 bits per heavy atom. The molecule has 3 aromatic rings. The largest absolute Gasteiger partial charge is 0.481 e. The number of benzene rings is 1. The number of hydrogen-bond acceptors (Lipinski definition) is 5. The fraction of sp³-hybridized carbons (Fsp3) is 0.348. The third-order valence-corrected chi connectivity index (χ3v) is 5.51. The van der Waals surface area contributed by atoms with Gasteiger partial charge >= 0.3 is 6.03 Å². The van der Waals surface area contributed by atoms with Crippen LogP contribution in [0.15, 0.2) is 42.5 Å². The average molecular weight is 406 g/mol. The van der Waals surface area contributed by atoms with Gasteiger partial charge in [0.2, 0.25) is 5.88 Å². The molecule has 3 heterocycles. The van der Waals surface area contributed by atoms with Crippen LogP contribution < -0.4 is 20.3 Å². The maximum atomic E-state index is 12.6. The number of carbonyl (C=O) groups is 1. The fourth-order valence-corrected chi connectivity index (χ4v) is 4.00. The third-order valence-electron chi connectivity index (χ3n) is 5.51. The Morgan fingerprint density at radius 1 is 1.07 bits per heavy atom. The highest BCUT2D eigenvalue weighted by atomic mass is 16.5. The Morgan fingerprint density at radius 3 is 2.60 bits per heavy atom. The second-order valence-electron chi connectivity index (χ2n) is 7.65. The molecule has 7 heteroatoms. The van der Waals surface area contributed by atoms with E-state index in [0.717, 1.165) is 59.6 Å². The monoisotopic (exact) mass is 405 g/mol. The van der Waals surface area contributed by atoms with Crippen molar-refractivity contribution in [2.45, 2.75) is 32.7 Å². The number of nitrogens with one attached hydrogen (secondary N) is 2. The number of aryl methyl sites for hydroxylation is 2. The smallest absolute Gasteiger partial charge is 0.319 e. The topological polar surface area (TPSA) is 79.4 Å². The van der Waals surface area contributed by atoms with Gasteiger partial charge in [-0.25, -0.2) is 4.79 Å². The third kappa shape index (κ3) is 4.30. The number of pyridine rings is 2. The van der Waals surface area contributed by atoms with Crippen LogP contribution in [0.5, 0.6) is 5.88 Å². The SMILES string of the molecule is COc1cccc(N2CCC(NC(=O)Nc3cccc4c(C)nc(C)cc34)CC2)n1. The summed E-state index contributed by atoms with van der Waals surface area (Å²) in [7, 11) is 1.62. The molecule has 1 saturated heterocycles. The summed E-state index contributed by atoms with van der Waals surface area (Å²) in [6.45, 7) is 5.63. The van der Waals surface area contributed by atoms with E-state index in [9.17, 15) is 4.79 Å². The van der Waals surface area contributed by atoms with Crippen LogP contribution in [0, 0.1) is 13.8 Å². The molecule has 0 saturated carbocycles. The Kier molecular flexibility index (Phi) is 5.70. The molecule has 2 N–H and O–H groups in total. The van der Waals surface area contributed by atoms with Crippen molar-refractivity contribution >= 4 is 28.3 Å². The number of carbonyl (C=O) groups excluding carboxylic acids is 1. The van der Waals surface area contributed by atoms with Gasteiger partial charge < -0.3 is 20.3 Å². The van der Waals surface area contributed by atoms with Crippen LogP contribution in [0.3, 0.4) is 0 Å². The van der Waals surface area contributed by atoms with Crippen molar-refractivity contribution in [2.75, 3.05) is 30.4 Å². The van der Waals surface area contributed by atoms with E-state index in [1.54, 1.807) is 7.11 Å². The number of methoxy groups -OCH3 is 1. The lowest BCUT2D eigenvalue weighted by atomic mass is 10.1. The zero-order valence-electron chi connectivity index (χ0n) is 17.6. The number of aromatic nitrogens is 2. The minimum absolute atomic E-state index is 0.131. The fourth-order valence-electron chi connectivity index (χ4n) is 4.00. The second-order valence-corrected chi connectivity index (χ2v) is 7.65. The molecule has 30 heavy (non-hydrogen) atoms. The number of nitrogens with zero attached hydrogens (tertiary/aromatic N) is 3. The van der Waals surface area contributed by atoms with Gasteiger partial charge in [-0.05, 0) is 44.9 Å². The highest BCUT2D eigenvalue weighted by Crippen LogP contribution is 2.26. The van der Waals surface area contributed by atoms with E-state index < -0.39 is 0 Å². The molecule has 7 nitrogen and oxygen atoms in total. The Hall–Kier alpha value is -3.35. The number of piperidine rings is 1. The van der Waals surface area contributed by atoms with Crippen LogP contribution in [-0.4, -0.2) is 42.2 Å². The molecule has 0 radical (unpaired) electrons. The standard InChI is InChI=1S/C23H27N5O2/c1-15-14-19-18(16(2)24-15)6-4-7-20(19)26-23(29)25-17-10-12-28(13-11-17)21-8-5-9-22(27-21)30-3/h4-9,14,17H,10-13H2,1-3H3,(H2,25,26,29). The molecule has 0 spiro atoms. The van der Waals surface area contributed by atoms with Crippen LogP contribution in [0.2, 0.25) is 0 Å². The number of amides is 2. The van der Waals surface area contributed by atoms with Crippen molar-refractivity contribution in [3.05, 3.63) is 53.9 Å². The molecule has 2 aromatic heterocycles. The molecular weight excluding hydrogens is 378 g/mol. The van der Waals surface area contributed by atoms with Gasteiger partial charge in [0.1, 0.15) is 5.82 Å². The molecule has 0 bridgehead atoms. The summed E-state index contributed by atoms with van der Waals surface area (Å²) in [6.07, 6.45) is 1.73. The first-order chi connectivity index (χ1) is 14.5. The van der Waals surface area contributed by atoms with Crippen molar-refractivity contribution in [1.29, 1.82) is 0 Å². The van der Waals surface area contributed by atoms with Crippen molar-refractivity contribution < 1.29 is 9.53 Å². The summed E-state index contributed by atoms with van der Waals surface area (Å²) in [5.74, 6) is 1.52. The normalized spacial score (nSPS) is 14.6. The number of fused-ring (bicyclic) bond motifs is 1. The number of urea groups is 1. The maximum absolute atomic E-state index is 12.6. The van der Waals surface area contributed by atoms with Gasteiger partial charge in [-0.15, -0.1) is 0 Å². The van der Waals surface area contributed by atoms with Gasteiger partial charge in [0.15, 0.2) is 0 Å². The van der Waals surface area contributed by atoms with E-state index in [1.807, 2.05) is 56.3 Å². The molecule has 1 fully saturated rings. The van der Waals surface area contributed by atoms with E-state index in [2.05, 4.69) is 25.5 Å². The lowest BCUT2D eigenvalue weighted by Crippen LogP contribution is -2.46. The van der Waals surface area contributed by atoms with Crippen molar-refractivity contribution in [3.8, 4) is 5.88 Å². The average Bonchev–Trinajstić information content (AvgIpc) is 2.75. The van der Waals surface area contributed by atoms with Gasteiger partial charge in [0.05, 0.1) is 12.8 Å². The van der Waals surface area contributed by atoms with Crippen LogP contribution in [-0.2, 0) is 0 Å². The number of rotatable bonds is 4. The molecule has 2 amide bonds. The van der Waals surface area contributed by atoms with E-state index in [-0.39, 0.29) is 12.1 Å². The summed E-state index contributed by atoms with van der Waals surface area (Å²) in [5.41, 5.74) is 2.71. The molecule has 0 unspecified atom stereocenters. The Labute approximate surface area is 176 Å². The molecule has 156 valence electrons. The first kappa shape index (κ1) is 19.9. The van der Waals surface area contributed by atoms with Gasteiger partial charge in [-0.2, -0.15) is 4.98 Å². The molecule has 1 aromatic carbocycles. The molecule has 1 aliphatic heterocycles. The van der Waals surface area contributed by atoms with Crippen molar-refractivity contribution in [1.82, 2.24) is 15.3 Å². The highest BCUT2D eigenvalue weighted by Gasteiger charge is 2.22. The molecule has 1 aliphatic rings. The molecule has 0 aliphatic carbocycles.